The highest BCUT2D eigenvalue weighted by Gasteiger charge is 2.52. The minimum Gasteiger partial charge on any atom is -0.462 e. The van der Waals surface area contributed by atoms with Gasteiger partial charge in [-0.05, 0) is 63.8 Å². The average molecular weight is 439 g/mol. The Kier molecular flexibility index (Phi) is 5.95. The first-order chi connectivity index (χ1) is 15.2. The van der Waals surface area contributed by atoms with Crippen LogP contribution in [0, 0.1) is 5.92 Å². The van der Waals surface area contributed by atoms with E-state index in [0.717, 1.165) is 37.1 Å². The van der Waals surface area contributed by atoms with E-state index >= 15 is 0 Å². The molecule has 1 fully saturated rings. The third kappa shape index (κ3) is 4.21. The van der Waals surface area contributed by atoms with Gasteiger partial charge in [-0.15, -0.1) is 0 Å². The molecule has 4 rings (SSSR count). The zero-order valence-corrected chi connectivity index (χ0v) is 19.1. The van der Waals surface area contributed by atoms with Gasteiger partial charge in [0, 0.05) is 42.3 Å². The summed E-state index contributed by atoms with van der Waals surface area (Å²) in [5.41, 5.74) is 3.14. The summed E-state index contributed by atoms with van der Waals surface area (Å²) >= 11 is 0. The topological polar surface area (TPSA) is 79.7 Å². The standard InChI is InChI=1S/C25H31N3O4/c1-25(2,3)28(24(30)31)15-20-5-4-19(14-21(20)16-28)23(29)32-17-18-8-12-27(13-9-18)22-6-10-26-11-7-22/h4-7,10-11,14,18H,8-9,12-13,15-17H2,1-3H3/p+1. The van der Waals surface area contributed by atoms with E-state index in [2.05, 4.69) is 9.88 Å². The normalized spacial score (nSPS) is 21.3. The lowest BCUT2D eigenvalue weighted by molar-refractivity contribution is -0.922. The van der Waals surface area contributed by atoms with Crippen LogP contribution in [0.1, 0.15) is 55.1 Å². The Morgan fingerprint density at radius 2 is 1.75 bits per heavy atom. The zero-order chi connectivity index (χ0) is 22.9. The molecular formula is C25H32N3O4+. The van der Waals surface area contributed by atoms with Gasteiger partial charge in [0.25, 0.3) is 0 Å². The Hall–Kier alpha value is -2.93. The van der Waals surface area contributed by atoms with Crippen molar-refractivity contribution in [2.75, 3.05) is 24.6 Å². The van der Waals surface area contributed by atoms with E-state index in [0.29, 0.717) is 31.2 Å². The molecule has 1 N–H and O–H groups in total. The molecule has 2 aliphatic rings. The van der Waals surface area contributed by atoms with Crippen LogP contribution in [0.4, 0.5) is 10.5 Å². The first-order valence-corrected chi connectivity index (χ1v) is 11.2. The van der Waals surface area contributed by atoms with Crippen molar-refractivity contribution in [3.63, 3.8) is 0 Å². The summed E-state index contributed by atoms with van der Waals surface area (Å²) < 4.78 is 5.59. The second kappa shape index (κ2) is 8.54. The summed E-state index contributed by atoms with van der Waals surface area (Å²) in [5.74, 6) is 0.0177. The molecule has 1 atom stereocenters. The monoisotopic (exact) mass is 438 g/mol. The lowest BCUT2D eigenvalue weighted by Gasteiger charge is -2.40. The smallest absolute Gasteiger partial charge is 0.462 e. The minimum atomic E-state index is -0.837. The number of ether oxygens (including phenoxy) is 1. The summed E-state index contributed by atoms with van der Waals surface area (Å²) in [6.07, 6.45) is 4.73. The SMILES string of the molecule is CC(C)(C)[N+]1(C(=O)O)Cc2ccc(C(=O)OCC3CCN(c4ccncc4)CC3)cc2C1. The molecule has 1 aromatic heterocycles. The molecule has 2 aliphatic heterocycles. The molecule has 0 saturated carbocycles. The Bertz CT molecular complexity index is 994. The molecule has 32 heavy (non-hydrogen) atoms. The number of amides is 1. The maximum atomic E-state index is 12.7. The fourth-order valence-electron chi connectivity index (χ4n) is 4.78. The fraction of sp³-hybridized carbons (Fsp3) is 0.480. The number of hydrogen-bond acceptors (Lipinski definition) is 5. The Labute approximate surface area is 189 Å². The van der Waals surface area contributed by atoms with E-state index in [9.17, 15) is 14.7 Å². The number of rotatable bonds is 4. The van der Waals surface area contributed by atoms with Crippen molar-refractivity contribution in [1.82, 2.24) is 4.98 Å². The van der Waals surface area contributed by atoms with E-state index in [1.165, 1.54) is 5.69 Å². The summed E-state index contributed by atoms with van der Waals surface area (Å²) in [4.78, 5) is 31.2. The highest BCUT2D eigenvalue weighted by Crippen LogP contribution is 2.38. The highest BCUT2D eigenvalue weighted by molar-refractivity contribution is 5.89. The van der Waals surface area contributed by atoms with Gasteiger partial charge >= 0.3 is 12.1 Å². The third-order valence-corrected chi connectivity index (χ3v) is 7.07. The van der Waals surface area contributed by atoms with Gasteiger partial charge in [-0.3, -0.25) is 4.98 Å². The maximum Gasteiger partial charge on any atom is 0.514 e. The van der Waals surface area contributed by atoms with Crippen molar-refractivity contribution in [2.45, 2.75) is 52.2 Å². The van der Waals surface area contributed by atoms with E-state index in [1.807, 2.05) is 45.0 Å². The number of benzene rings is 1. The van der Waals surface area contributed by atoms with E-state index < -0.39 is 11.6 Å². The van der Waals surface area contributed by atoms with Gasteiger partial charge in [0.15, 0.2) is 0 Å². The van der Waals surface area contributed by atoms with Gasteiger partial charge in [-0.2, -0.15) is 4.79 Å². The average Bonchev–Trinajstić information content (AvgIpc) is 3.19. The molecule has 3 heterocycles. The van der Waals surface area contributed by atoms with E-state index in [1.54, 1.807) is 18.5 Å². The first kappa shape index (κ1) is 22.3. The summed E-state index contributed by atoms with van der Waals surface area (Å²) in [7, 11) is 0. The number of anilines is 1. The van der Waals surface area contributed by atoms with Crippen LogP contribution in [0.2, 0.25) is 0 Å². The molecular weight excluding hydrogens is 406 g/mol. The van der Waals surface area contributed by atoms with Crippen LogP contribution < -0.4 is 4.90 Å². The minimum absolute atomic E-state index is 0.0586. The van der Waals surface area contributed by atoms with Gasteiger partial charge in [0.2, 0.25) is 0 Å². The molecule has 1 amide bonds. The van der Waals surface area contributed by atoms with E-state index in [4.69, 9.17) is 4.74 Å². The highest BCUT2D eigenvalue weighted by atomic mass is 16.5. The number of fused-ring (bicyclic) bond motifs is 1. The molecule has 2 aromatic rings. The first-order valence-electron chi connectivity index (χ1n) is 11.2. The molecule has 0 spiro atoms. The molecule has 7 nitrogen and oxygen atoms in total. The summed E-state index contributed by atoms with van der Waals surface area (Å²) in [5, 5.41) is 9.94. The molecule has 1 unspecified atom stereocenters. The van der Waals surface area contributed by atoms with Crippen LogP contribution in [-0.2, 0) is 17.8 Å². The van der Waals surface area contributed by atoms with Crippen LogP contribution in [-0.4, -0.2) is 51.9 Å². The van der Waals surface area contributed by atoms with Gasteiger partial charge in [-0.1, -0.05) is 6.07 Å². The number of piperidine rings is 1. The number of carboxylic acid groups (broad SMARTS) is 1. The quantitative estimate of drug-likeness (QED) is 0.561. The summed E-state index contributed by atoms with van der Waals surface area (Å²) in [6, 6.07) is 9.50. The molecule has 7 heteroatoms. The largest absolute Gasteiger partial charge is 0.514 e. The van der Waals surface area contributed by atoms with Crippen molar-refractivity contribution in [3.05, 3.63) is 59.4 Å². The van der Waals surface area contributed by atoms with Crippen LogP contribution in [0.15, 0.2) is 42.7 Å². The lowest BCUT2D eigenvalue weighted by Crippen LogP contribution is -2.59. The molecule has 170 valence electrons. The number of esters is 1. The Morgan fingerprint density at radius 1 is 1.09 bits per heavy atom. The number of nitrogens with zero attached hydrogens (tertiary/aromatic N) is 3. The van der Waals surface area contributed by atoms with Crippen LogP contribution in [0.25, 0.3) is 0 Å². The maximum absolute atomic E-state index is 12.7. The Morgan fingerprint density at radius 3 is 2.38 bits per heavy atom. The van der Waals surface area contributed by atoms with Gasteiger partial charge < -0.3 is 14.7 Å². The number of quaternary nitrogens is 1. The molecule has 1 saturated heterocycles. The van der Waals surface area contributed by atoms with Crippen molar-refractivity contribution >= 4 is 17.7 Å². The van der Waals surface area contributed by atoms with Gasteiger partial charge in [0.05, 0.1) is 12.2 Å². The van der Waals surface area contributed by atoms with E-state index in [-0.39, 0.29) is 10.5 Å². The summed E-state index contributed by atoms with van der Waals surface area (Å²) in [6.45, 7) is 8.94. The van der Waals surface area contributed by atoms with Crippen molar-refractivity contribution < 1.29 is 23.9 Å². The van der Waals surface area contributed by atoms with Crippen LogP contribution >= 0.6 is 0 Å². The molecule has 0 aliphatic carbocycles. The van der Waals surface area contributed by atoms with Gasteiger partial charge in [0.1, 0.15) is 18.6 Å². The predicted octanol–water partition coefficient (Wildman–Crippen LogP) is 4.46. The number of pyridine rings is 1. The Balaban J connectivity index is 1.34. The van der Waals surface area contributed by atoms with Crippen LogP contribution in [0.3, 0.4) is 0 Å². The molecule has 1 aromatic carbocycles. The number of aromatic nitrogens is 1. The lowest BCUT2D eigenvalue weighted by atomic mass is 9.97. The van der Waals surface area contributed by atoms with Crippen molar-refractivity contribution in [3.8, 4) is 0 Å². The van der Waals surface area contributed by atoms with Gasteiger partial charge in [-0.25, -0.2) is 9.28 Å². The number of carbonyl (C=O) groups is 2. The number of carbonyl (C=O) groups excluding carboxylic acids is 1. The molecule has 0 bridgehead atoms. The predicted molar refractivity (Wildman–Crippen MR) is 121 cm³/mol. The van der Waals surface area contributed by atoms with Crippen LogP contribution in [0.5, 0.6) is 0 Å². The third-order valence-electron chi connectivity index (χ3n) is 7.07. The zero-order valence-electron chi connectivity index (χ0n) is 19.1. The van der Waals surface area contributed by atoms with Crippen molar-refractivity contribution in [2.24, 2.45) is 5.92 Å². The second-order valence-corrected chi connectivity index (χ2v) is 9.96. The molecule has 0 radical (unpaired) electrons. The number of hydrogen-bond donors (Lipinski definition) is 1. The van der Waals surface area contributed by atoms with Crippen molar-refractivity contribution in [1.29, 1.82) is 0 Å². The second-order valence-electron chi connectivity index (χ2n) is 9.96. The fourth-order valence-corrected chi connectivity index (χ4v) is 4.78.